The van der Waals surface area contributed by atoms with E-state index in [1.54, 1.807) is 0 Å². The van der Waals surface area contributed by atoms with Gasteiger partial charge in [-0.15, -0.1) is 11.6 Å². The summed E-state index contributed by atoms with van der Waals surface area (Å²) in [6, 6.07) is -0.111. The lowest BCUT2D eigenvalue weighted by atomic mass is 9.96. The van der Waals surface area contributed by atoms with E-state index in [1.165, 1.54) is 0 Å². The fourth-order valence-electron chi connectivity index (χ4n) is 1.18. The van der Waals surface area contributed by atoms with Crippen molar-refractivity contribution in [2.45, 2.75) is 37.1 Å². The first-order valence-electron chi connectivity index (χ1n) is 3.31. The molecule has 1 saturated carbocycles. The lowest BCUT2D eigenvalue weighted by molar-refractivity contribution is 0.448. The summed E-state index contributed by atoms with van der Waals surface area (Å²) in [5, 5.41) is 2.96. The predicted octanol–water partition coefficient (Wildman–Crippen LogP) is 2.30. The van der Waals surface area contributed by atoms with Gasteiger partial charge in [0.15, 0.2) is 0 Å². The second-order valence-corrected chi connectivity index (χ2v) is 3.03. The molecule has 0 radical (unpaired) electrons. The van der Waals surface area contributed by atoms with Crippen LogP contribution in [0, 0.1) is 4.91 Å². The molecule has 0 N–H and O–H groups in total. The van der Waals surface area contributed by atoms with Gasteiger partial charge in [0.1, 0.15) is 6.04 Å². The van der Waals surface area contributed by atoms with E-state index < -0.39 is 0 Å². The van der Waals surface area contributed by atoms with E-state index in [9.17, 15) is 4.91 Å². The second-order valence-electron chi connectivity index (χ2n) is 2.47. The summed E-state index contributed by atoms with van der Waals surface area (Å²) in [5.41, 5.74) is 0. The van der Waals surface area contributed by atoms with Crippen molar-refractivity contribution in [3.05, 3.63) is 4.91 Å². The number of alkyl halides is 1. The molecule has 1 rings (SSSR count). The van der Waals surface area contributed by atoms with Crippen molar-refractivity contribution in [2.75, 3.05) is 0 Å². The van der Waals surface area contributed by atoms with Crippen molar-refractivity contribution in [2.24, 2.45) is 5.18 Å². The first kappa shape index (κ1) is 7.00. The first-order chi connectivity index (χ1) is 4.34. The maximum Gasteiger partial charge on any atom is 0.108 e. The lowest BCUT2D eigenvalue weighted by Crippen LogP contribution is -2.22. The first-order valence-corrected chi connectivity index (χ1v) is 3.75. The number of nitrogens with zero attached hydrogens (tertiary/aromatic N) is 1. The number of hydrogen-bond acceptors (Lipinski definition) is 2. The Kier molecular flexibility index (Phi) is 2.46. The van der Waals surface area contributed by atoms with Gasteiger partial charge in [0, 0.05) is 0 Å². The minimum Gasteiger partial charge on any atom is -0.150 e. The molecule has 1 aliphatic carbocycles. The Morgan fingerprint density at radius 1 is 1.33 bits per heavy atom. The van der Waals surface area contributed by atoms with Crippen molar-refractivity contribution in [1.82, 2.24) is 0 Å². The molecule has 0 aliphatic heterocycles. The SMILES string of the molecule is O=N[C@H]1CCCC[C@@H]1Cl. The monoisotopic (exact) mass is 147 g/mol. The zero-order chi connectivity index (χ0) is 6.69. The number of halogens is 1. The Morgan fingerprint density at radius 3 is 2.44 bits per heavy atom. The van der Waals surface area contributed by atoms with Crippen LogP contribution in [-0.4, -0.2) is 11.4 Å². The zero-order valence-corrected chi connectivity index (χ0v) is 5.97. The molecule has 0 amide bonds. The molecule has 0 bridgehead atoms. The average Bonchev–Trinajstić information content (AvgIpc) is 1.89. The molecule has 0 heterocycles. The van der Waals surface area contributed by atoms with Gasteiger partial charge in [-0.25, -0.2) is 0 Å². The normalized spacial score (nSPS) is 36.1. The third-order valence-electron chi connectivity index (χ3n) is 1.78. The number of hydrogen-bond donors (Lipinski definition) is 0. The summed E-state index contributed by atoms with van der Waals surface area (Å²) in [6.07, 6.45) is 4.11. The van der Waals surface area contributed by atoms with Crippen LogP contribution in [0.1, 0.15) is 25.7 Å². The van der Waals surface area contributed by atoms with Crippen LogP contribution in [0.4, 0.5) is 0 Å². The van der Waals surface area contributed by atoms with E-state index in [0.29, 0.717) is 0 Å². The summed E-state index contributed by atoms with van der Waals surface area (Å²) in [5.74, 6) is 0. The molecule has 0 unspecified atom stereocenters. The summed E-state index contributed by atoms with van der Waals surface area (Å²) in [6.45, 7) is 0. The van der Waals surface area contributed by atoms with Crippen LogP contribution in [0.3, 0.4) is 0 Å². The largest absolute Gasteiger partial charge is 0.150 e. The van der Waals surface area contributed by atoms with Gasteiger partial charge >= 0.3 is 0 Å². The molecule has 2 atom stereocenters. The van der Waals surface area contributed by atoms with Crippen molar-refractivity contribution in [1.29, 1.82) is 0 Å². The van der Waals surface area contributed by atoms with E-state index in [2.05, 4.69) is 5.18 Å². The van der Waals surface area contributed by atoms with Gasteiger partial charge in [-0.05, 0) is 12.8 Å². The van der Waals surface area contributed by atoms with E-state index in [-0.39, 0.29) is 11.4 Å². The molecular weight excluding hydrogens is 138 g/mol. The molecule has 0 saturated heterocycles. The predicted molar refractivity (Wildman–Crippen MR) is 37.7 cm³/mol. The maximum absolute atomic E-state index is 10.0. The van der Waals surface area contributed by atoms with E-state index in [4.69, 9.17) is 11.6 Å². The topological polar surface area (TPSA) is 29.4 Å². The van der Waals surface area contributed by atoms with E-state index in [0.717, 1.165) is 25.7 Å². The van der Waals surface area contributed by atoms with Gasteiger partial charge in [0.05, 0.1) is 5.38 Å². The smallest absolute Gasteiger partial charge is 0.108 e. The van der Waals surface area contributed by atoms with Crippen LogP contribution in [0.2, 0.25) is 0 Å². The highest BCUT2D eigenvalue weighted by Crippen LogP contribution is 2.24. The molecule has 2 nitrogen and oxygen atoms in total. The minimum absolute atomic E-state index is 0.0104. The van der Waals surface area contributed by atoms with Gasteiger partial charge in [0.2, 0.25) is 0 Å². The Bertz CT molecular complexity index is 107. The Balaban J connectivity index is 2.38. The molecule has 52 valence electrons. The van der Waals surface area contributed by atoms with E-state index in [1.807, 2.05) is 0 Å². The molecule has 1 aliphatic rings. The van der Waals surface area contributed by atoms with E-state index >= 15 is 0 Å². The van der Waals surface area contributed by atoms with Crippen LogP contribution in [0.15, 0.2) is 5.18 Å². The second kappa shape index (κ2) is 3.16. The molecule has 0 aromatic rings. The van der Waals surface area contributed by atoms with Gasteiger partial charge in [0.25, 0.3) is 0 Å². The van der Waals surface area contributed by atoms with Gasteiger partial charge in [-0.2, -0.15) is 4.91 Å². The van der Waals surface area contributed by atoms with Crippen LogP contribution >= 0.6 is 11.6 Å². The fourth-order valence-corrected chi connectivity index (χ4v) is 1.51. The highest BCUT2D eigenvalue weighted by molar-refractivity contribution is 6.21. The maximum atomic E-state index is 10.0. The Hall–Kier alpha value is -0.110. The molecule has 3 heteroatoms. The highest BCUT2D eigenvalue weighted by atomic mass is 35.5. The summed E-state index contributed by atoms with van der Waals surface area (Å²) in [7, 11) is 0. The lowest BCUT2D eigenvalue weighted by Gasteiger charge is -2.19. The van der Waals surface area contributed by atoms with Gasteiger partial charge in [-0.1, -0.05) is 18.0 Å². The molecule has 0 aromatic carbocycles. The molecular formula is C6H10ClNO. The average molecular weight is 148 g/mol. The van der Waals surface area contributed by atoms with Crippen LogP contribution < -0.4 is 0 Å². The third-order valence-corrected chi connectivity index (χ3v) is 2.29. The number of rotatable bonds is 1. The van der Waals surface area contributed by atoms with Crippen molar-refractivity contribution in [3.8, 4) is 0 Å². The van der Waals surface area contributed by atoms with Gasteiger partial charge < -0.3 is 0 Å². The summed E-state index contributed by atoms with van der Waals surface area (Å²) < 4.78 is 0. The Labute approximate surface area is 59.6 Å². The fraction of sp³-hybridized carbons (Fsp3) is 1.00. The molecule has 0 spiro atoms. The van der Waals surface area contributed by atoms with Gasteiger partial charge in [-0.3, -0.25) is 0 Å². The number of nitroso groups, excluding NO2 is 1. The van der Waals surface area contributed by atoms with Crippen LogP contribution in [0.5, 0.6) is 0 Å². The van der Waals surface area contributed by atoms with Crippen LogP contribution in [-0.2, 0) is 0 Å². The van der Waals surface area contributed by atoms with Crippen LogP contribution in [0.25, 0.3) is 0 Å². The molecule has 9 heavy (non-hydrogen) atoms. The summed E-state index contributed by atoms with van der Waals surface area (Å²) >= 11 is 5.79. The van der Waals surface area contributed by atoms with Crippen molar-refractivity contribution >= 4 is 11.6 Å². The van der Waals surface area contributed by atoms with Crippen molar-refractivity contribution < 1.29 is 0 Å². The molecule has 1 fully saturated rings. The highest BCUT2D eigenvalue weighted by Gasteiger charge is 2.23. The van der Waals surface area contributed by atoms with Crippen molar-refractivity contribution in [3.63, 3.8) is 0 Å². The summed E-state index contributed by atoms with van der Waals surface area (Å²) in [4.78, 5) is 10.0. The third kappa shape index (κ3) is 1.65. The Morgan fingerprint density at radius 2 is 2.00 bits per heavy atom. The molecule has 0 aromatic heterocycles. The zero-order valence-electron chi connectivity index (χ0n) is 5.22. The standard InChI is InChI=1S/C6H10ClNO/c7-5-3-1-2-4-6(5)8-9/h5-6H,1-4H2/t5-,6-/m0/s1. The quantitative estimate of drug-likeness (QED) is 0.414. The minimum atomic E-state index is -0.111.